The van der Waals surface area contributed by atoms with Crippen molar-refractivity contribution in [1.29, 1.82) is 0 Å². The molecule has 8 nitrogen and oxygen atoms in total. The van der Waals surface area contributed by atoms with E-state index in [-0.39, 0.29) is 6.04 Å². The first kappa shape index (κ1) is 20.3. The van der Waals surface area contributed by atoms with Gasteiger partial charge in [0.2, 0.25) is 5.75 Å². The zero-order chi connectivity index (χ0) is 21.1. The van der Waals surface area contributed by atoms with E-state index < -0.39 is 0 Å². The van der Waals surface area contributed by atoms with Gasteiger partial charge in [-0.15, -0.1) is 0 Å². The molecule has 1 aliphatic rings. The topological polar surface area (TPSA) is 85.6 Å². The van der Waals surface area contributed by atoms with Gasteiger partial charge in [-0.2, -0.15) is 5.10 Å². The van der Waals surface area contributed by atoms with Crippen LogP contribution in [0.3, 0.4) is 0 Å². The molecule has 1 saturated heterocycles. The predicted octanol–water partition coefficient (Wildman–Crippen LogP) is 4.13. The van der Waals surface area contributed by atoms with Crippen molar-refractivity contribution in [3.8, 4) is 28.6 Å². The normalized spacial score (nSPS) is 17.1. The number of nitrogens with one attached hydrogen (secondary N) is 1. The van der Waals surface area contributed by atoms with Crippen LogP contribution in [-0.4, -0.2) is 48.1 Å². The zero-order valence-electron chi connectivity index (χ0n) is 17.9. The van der Waals surface area contributed by atoms with Gasteiger partial charge in [-0.25, -0.2) is 0 Å². The van der Waals surface area contributed by atoms with Crippen molar-refractivity contribution < 1.29 is 18.7 Å². The molecule has 2 aromatic heterocycles. The van der Waals surface area contributed by atoms with Gasteiger partial charge in [-0.1, -0.05) is 11.6 Å². The smallest absolute Gasteiger partial charge is 0.203 e. The molecule has 0 amide bonds. The number of nitrogens with zero attached hydrogens (tertiary/aromatic N) is 3. The Balaban J connectivity index is 1.64. The van der Waals surface area contributed by atoms with Crippen LogP contribution in [0.4, 0.5) is 0 Å². The summed E-state index contributed by atoms with van der Waals surface area (Å²) in [5.74, 6) is 2.68. The number of hydrogen-bond acceptors (Lipinski definition) is 7. The number of piperidine rings is 1. The van der Waals surface area contributed by atoms with Crippen LogP contribution in [0.1, 0.15) is 42.3 Å². The number of likely N-dealkylation sites (tertiary alicyclic amines) is 1. The van der Waals surface area contributed by atoms with E-state index >= 15 is 0 Å². The van der Waals surface area contributed by atoms with Crippen molar-refractivity contribution in [2.75, 3.05) is 27.9 Å². The van der Waals surface area contributed by atoms with Gasteiger partial charge in [0, 0.05) is 12.6 Å². The molecule has 0 spiro atoms. The quantitative estimate of drug-likeness (QED) is 0.624. The highest BCUT2D eigenvalue weighted by Crippen LogP contribution is 2.40. The van der Waals surface area contributed by atoms with E-state index in [1.807, 2.05) is 31.3 Å². The monoisotopic (exact) mass is 412 g/mol. The highest BCUT2D eigenvalue weighted by Gasteiger charge is 2.29. The summed E-state index contributed by atoms with van der Waals surface area (Å²) in [7, 11) is 4.90. The minimum absolute atomic E-state index is 0.209. The number of hydrogen-bond donors (Lipinski definition) is 1. The number of ether oxygens (including phenoxy) is 3. The fourth-order valence-electron chi connectivity index (χ4n) is 4.21. The summed E-state index contributed by atoms with van der Waals surface area (Å²) in [5, 5.41) is 11.5. The number of benzene rings is 1. The number of rotatable bonds is 7. The van der Waals surface area contributed by atoms with Crippen LogP contribution in [0.5, 0.6) is 17.2 Å². The third-order valence-corrected chi connectivity index (χ3v) is 5.62. The van der Waals surface area contributed by atoms with E-state index in [1.165, 1.54) is 6.42 Å². The zero-order valence-corrected chi connectivity index (χ0v) is 17.9. The van der Waals surface area contributed by atoms with Crippen molar-refractivity contribution in [3.05, 3.63) is 41.3 Å². The summed E-state index contributed by atoms with van der Waals surface area (Å²) in [6.45, 7) is 3.68. The largest absolute Gasteiger partial charge is 0.493 e. The predicted molar refractivity (Wildman–Crippen MR) is 112 cm³/mol. The molecule has 8 heteroatoms. The summed E-state index contributed by atoms with van der Waals surface area (Å²) in [6, 6.07) is 6.18. The van der Waals surface area contributed by atoms with E-state index in [4.69, 9.17) is 18.7 Å². The van der Waals surface area contributed by atoms with Gasteiger partial charge < -0.3 is 18.7 Å². The summed E-state index contributed by atoms with van der Waals surface area (Å²) < 4.78 is 22.0. The average molecular weight is 412 g/mol. The SMILES string of the molecule is COc1cc(CN2CCCCC2c2[nH]ncc2-c2cc(C)no2)cc(OC)c1OC. The molecule has 4 rings (SSSR count). The summed E-state index contributed by atoms with van der Waals surface area (Å²) in [4.78, 5) is 2.46. The molecule has 160 valence electrons. The second-order valence-electron chi connectivity index (χ2n) is 7.55. The molecule has 30 heavy (non-hydrogen) atoms. The van der Waals surface area contributed by atoms with Crippen LogP contribution in [0.25, 0.3) is 11.3 Å². The molecule has 0 radical (unpaired) electrons. The van der Waals surface area contributed by atoms with Crippen LogP contribution in [0, 0.1) is 6.92 Å². The number of aromatic nitrogens is 3. The average Bonchev–Trinajstić information content (AvgIpc) is 3.42. The minimum atomic E-state index is 0.209. The molecule has 1 atom stereocenters. The molecule has 3 heterocycles. The van der Waals surface area contributed by atoms with Gasteiger partial charge in [0.05, 0.1) is 50.5 Å². The van der Waals surface area contributed by atoms with Gasteiger partial charge in [0.25, 0.3) is 0 Å². The molecular weight excluding hydrogens is 384 g/mol. The lowest BCUT2D eigenvalue weighted by Crippen LogP contribution is -2.33. The molecular formula is C22H28N4O4. The van der Waals surface area contributed by atoms with Crippen LogP contribution in [-0.2, 0) is 6.54 Å². The maximum Gasteiger partial charge on any atom is 0.203 e. The van der Waals surface area contributed by atoms with E-state index in [0.29, 0.717) is 17.2 Å². The molecule has 1 fully saturated rings. The Hall–Kier alpha value is -3.00. The highest BCUT2D eigenvalue weighted by atomic mass is 16.5. The Kier molecular flexibility index (Phi) is 5.94. The number of methoxy groups -OCH3 is 3. The number of aryl methyl sites for hydroxylation is 1. The van der Waals surface area contributed by atoms with E-state index in [2.05, 4.69) is 20.3 Å². The molecule has 1 aliphatic heterocycles. The first-order valence-corrected chi connectivity index (χ1v) is 10.1. The second kappa shape index (κ2) is 8.79. The Morgan fingerprint density at radius 1 is 1.10 bits per heavy atom. The van der Waals surface area contributed by atoms with Gasteiger partial charge in [0.1, 0.15) is 0 Å². The Morgan fingerprint density at radius 2 is 1.87 bits per heavy atom. The highest BCUT2D eigenvalue weighted by molar-refractivity contribution is 5.60. The second-order valence-corrected chi connectivity index (χ2v) is 7.55. The summed E-state index contributed by atoms with van der Waals surface area (Å²) in [5.41, 5.74) is 4.00. The van der Waals surface area contributed by atoms with E-state index in [1.54, 1.807) is 21.3 Å². The van der Waals surface area contributed by atoms with E-state index in [9.17, 15) is 0 Å². The molecule has 0 saturated carbocycles. The van der Waals surface area contributed by atoms with Gasteiger partial charge in [-0.05, 0) is 44.0 Å². The lowest BCUT2D eigenvalue weighted by atomic mass is 9.95. The summed E-state index contributed by atoms with van der Waals surface area (Å²) in [6.07, 6.45) is 5.20. The lowest BCUT2D eigenvalue weighted by Gasteiger charge is -2.35. The fourth-order valence-corrected chi connectivity index (χ4v) is 4.21. The van der Waals surface area contributed by atoms with Crippen molar-refractivity contribution in [2.24, 2.45) is 0 Å². The van der Waals surface area contributed by atoms with Crippen molar-refractivity contribution in [2.45, 2.75) is 38.8 Å². The molecule has 1 N–H and O–H groups in total. The van der Waals surface area contributed by atoms with Crippen LogP contribution in [0.15, 0.2) is 28.9 Å². The van der Waals surface area contributed by atoms with Gasteiger partial charge in [0.15, 0.2) is 17.3 Å². The Bertz CT molecular complexity index is 972. The number of aromatic amines is 1. The van der Waals surface area contributed by atoms with Crippen LogP contribution >= 0.6 is 0 Å². The lowest BCUT2D eigenvalue weighted by molar-refractivity contribution is 0.137. The van der Waals surface area contributed by atoms with Gasteiger partial charge >= 0.3 is 0 Å². The number of H-pyrrole nitrogens is 1. The van der Waals surface area contributed by atoms with E-state index in [0.717, 1.165) is 54.2 Å². The first-order chi connectivity index (χ1) is 14.6. The maximum absolute atomic E-state index is 5.53. The minimum Gasteiger partial charge on any atom is -0.493 e. The Morgan fingerprint density at radius 3 is 2.50 bits per heavy atom. The maximum atomic E-state index is 5.53. The third-order valence-electron chi connectivity index (χ3n) is 5.62. The van der Waals surface area contributed by atoms with Crippen LogP contribution in [0.2, 0.25) is 0 Å². The summed E-state index contributed by atoms with van der Waals surface area (Å²) >= 11 is 0. The molecule has 0 bridgehead atoms. The Labute approximate surface area is 176 Å². The molecule has 0 aliphatic carbocycles. The fraction of sp³-hybridized carbons (Fsp3) is 0.455. The first-order valence-electron chi connectivity index (χ1n) is 10.1. The van der Waals surface area contributed by atoms with Gasteiger partial charge in [-0.3, -0.25) is 10.00 Å². The van der Waals surface area contributed by atoms with Crippen molar-refractivity contribution in [1.82, 2.24) is 20.3 Å². The standard InChI is InChI=1S/C22H28N4O4/c1-14-9-18(30-25-14)16-12-23-24-21(16)17-7-5-6-8-26(17)13-15-10-19(27-2)22(29-4)20(11-15)28-3/h9-12,17H,5-8,13H2,1-4H3,(H,23,24). The third kappa shape index (κ3) is 3.87. The van der Waals surface area contributed by atoms with Crippen molar-refractivity contribution in [3.63, 3.8) is 0 Å². The molecule has 3 aromatic rings. The molecule has 1 aromatic carbocycles. The van der Waals surface area contributed by atoms with Crippen molar-refractivity contribution >= 4 is 0 Å². The van der Waals surface area contributed by atoms with Crippen LogP contribution < -0.4 is 14.2 Å². The molecule has 1 unspecified atom stereocenters.